The maximum Gasteiger partial charge on any atom is 0.151 e. The van der Waals surface area contributed by atoms with Crippen molar-refractivity contribution in [2.75, 3.05) is 0 Å². The zero-order chi connectivity index (χ0) is 7.44. The number of aliphatic hydroxyl groups is 1. The molecule has 0 heterocycles. The minimum Gasteiger partial charge on any atom is -0.393 e. The van der Waals surface area contributed by atoms with Gasteiger partial charge in [0.25, 0.3) is 0 Å². The van der Waals surface area contributed by atoms with Crippen molar-refractivity contribution >= 4 is 5.78 Å². The Morgan fingerprint density at radius 1 is 1.89 bits per heavy atom. The first-order valence-corrected chi connectivity index (χ1v) is 2.83. The maximum absolute atomic E-state index is 10.6. The fraction of sp³-hybridized carbons (Fsp3) is 0.667. The van der Waals surface area contributed by atoms with E-state index >= 15 is 0 Å². The molecule has 1 radical (unpaired) electrons. The van der Waals surface area contributed by atoms with Crippen LogP contribution >= 0.6 is 0 Å². The number of hydrogen-bond acceptors (Lipinski definition) is 3. The molecule has 0 saturated heterocycles. The number of carbonyl (C=O) groups excluding carboxylic acids is 1. The van der Waals surface area contributed by atoms with E-state index in [0.29, 0.717) is 0 Å². The van der Waals surface area contributed by atoms with Crippen molar-refractivity contribution in [3.05, 3.63) is 6.92 Å². The van der Waals surface area contributed by atoms with E-state index in [9.17, 15) is 4.79 Å². The van der Waals surface area contributed by atoms with Crippen LogP contribution in [-0.4, -0.2) is 23.0 Å². The van der Waals surface area contributed by atoms with Gasteiger partial charge in [-0.2, -0.15) is 0 Å². The zero-order valence-electron chi connectivity index (χ0n) is 5.50. The average molecular weight is 130 g/mol. The lowest BCUT2D eigenvalue weighted by Gasteiger charge is -2.04. The molecule has 0 aliphatic heterocycles. The van der Waals surface area contributed by atoms with E-state index in [1.165, 1.54) is 0 Å². The lowest BCUT2D eigenvalue weighted by Crippen LogP contribution is -2.29. The summed E-state index contributed by atoms with van der Waals surface area (Å²) in [6.45, 7) is 4.83. The van der Waals surface area contributed by atoms with E-state index in [0.717, 1.165) is 0 Å². The predicted octanol–water partition coefficient (Wildman–Crippen LogP) is -0.512. The normalized spacial score (nSPS) is 16.9. The summed E-state index contributed by atoms with van der Waals surface area (Å²) in [4.78, 5) is 10.6. The molecule has 1 unspecified atom stereocenters. The van der Waals surface area contributed by atoms with Gasteiger partial charge in [0.05, 0.1) is 12.1 Å². The highest BCUT2D eigenvalue weighted by Crippen LogP contribution is 1.92. The summed E-state index contributed by atoms with van der Waals surface area (Å²) in [5.41, 5.74) is 5.20. The Bertz CT molecular complexity index is 99.2. The summed E-state index contributed by atoms with van der Waals surface area (Å²) in [6.07, 6.45) is -0.763. The van der Waals surface area contributed by atoms with Crippen LogP contribution in [-0.2, 0) is 4.79 Å². The average Bonchev–Trinajstić information content (AvgIpc) is 1.63. The summed E-state index contributed by atoms with van der Waals surface area (Å²) in [5, 5.41) is 8.58. The molecule has 0 saturated carbocycles. The molecule has 3 N–H and O–H groups in total. The molecule has 3 heteroatoms. The lowest BCUT2D eigenvalue weighted by molar-refractivity contribution is -0.121. The van der Waals surface area contributed by atoms with Crippen molar-refractivity contribution in [2.24, 2.45) is 5.73 Å². The third-order valence-electron chi connectivity index (χ3n) is 0.945. The van der Waals surface area contributed by atoms with Gasteiger partial charge < -0.3 is 10.8 Å². The molecule has 3 nitrogen and oxygen atoms in total. The standard InChI is InChI=1S/C6H12NO2/c1-4(8)3-6(9)5(2)7/h4-5,8H,1,3,7H2,2H3/t4?,5-/m0/s1. The first kappa shape index (κ1) is 8.59. The fourth-order valence-corrected chi connectivity index (χ4v) is 0.418. The highest BCUT2D eigenvalue weighted by atomic mass is 16.3. The first-order chi connectivity index (χ1) is 4.04. The molecule has 0 fully saturated rings. The van der Waals surface area contributed by atoms with Crippen molar-refractivity contribution in [1.82, 2.24) is 0 Å². The van der Waals surface area contributed by atoms with E-state index in [2.05, 4.69) is 6.92 Å². The van der Waals surface area contributed by atoms with Gasteiger partial charge in [-0.3, -0.25) is 4.79 Å². The second kappa shape index (κ2) is 3.58. The zero-order valence-corrected chi connectivity index (χ0v) is 5.50. The number of rotatable bonds is 3. The fourth-order valence-electron chi connectivity index (χ4n) is 0.418. The van der Waals surface area contributed by atoms with E-state index < -0.39 is 12.1 Å². The van der Waals surface area contributed by atoms with Gasteiger partial charge in [0.1, 0.15) is 0 Å². The van der Waals surface area contributed by atoms with Crippen LogP contribution < -0.4 is 5.73 Å². The van der Waals surface area contributed by atoms with Crippen LogP contribution in [0, 0.1) is 6.92 Å². The van der Waals surface area contributed by atoms with Crippen LogP contribution in [0.2, 0.25) is 0 Å². The number of Topliss-reactive ketones (excluding diaryl/α,β-unsaturated/α-hetero) is 1. The molecule has 9 heavy (non-hydrogen) atoms. The molecule has 0 aromatic rings. The molecular weight excluding hydrogens is 118 g/mol. The van der Waals surface area contributed by atoms with Gasteiger partial charge in [0.15, 0.2) is 5.78 Å². The Morgan fingerprint density at radius 2 is 2.33 bits per heavy atom. The number of ketones is 1. The Kier molecular flexibility index (Phi) is 3.42. The van der Waals surface area contributed by atoms with Gasteiger partial charge in [-0.1, -0.05) is 0 Å². The minimum absolute atomic E-state index is 0.0532. The van der Waals surface area contributed by atoms with Gasteiger partial charge in [-0.15, -0.1) is 0 Å². The molecule has 0 bridgehead atoms. The highest BCUT2D eigenvalue weighted by Gasteiger charge is 2.09. The third-order valence-corrected chi connectivity index (χ3v) is 0.945. The molecule has 53 valence electrons. The van der Waals surface area contributed by atoms with E-state index in [4.69, 9.17) is 10.8 Å². The van der Waals surface area contributed by atoms with Crippen LogP contribution in [0.5, 0.6) is 0 Å². The van der Waals surface area contributed by atoms with Gasteiger partial charge in [0, 0.05) is 6.42 Å². The third kappa shape index (κ3) is 4.12. The van der Waals surface area contributed by atoms with Crippen LogP contribution in [0.1, 0.15) is 13.3 Å². The highest BCUT2D eigenvalue weighted by molar-refractivity contribution is 5.83. The van der Waals surface area contributed by atoms with Gasteiger partial charge in [-0.05, 0) is 13.8 Å². The van der Waals surface area contributed by atoms with Crippen LogP contribution in [0.4, 0.5) is 0 Å². The van der Waals surface area contributed by atoms with Crippen molar-refractivity contribution in [1.29, 1.82) is 0 Å². The van der Waals surface area contributed by atoms with Crippen molar-refractivity contribution < 1.29 is 9.90 Å². The molecule has 0 spiro atoms. The van der Waals surface area contributed by atoms with Crippen molar-refractivity contribution in [2.45, 2.75) is 25.5 Å². The Balaban J connectivity index is 3.51. The van der Waals surface area contributed by atoms with E-state index in [1.54, 1.807) is 6.92 Å². The molecule has 0 aromatic carbocycles. The van der Waals surface area contributed by atoms with Gasteiger partial charge >= 0.3 is 0 Å². The summed E-state index contributed by atoms with van der Waals surface area (Å²) in [7, 11) is 0. The van der Waals surface area contributed by atoms with Crippen LogP contribution in [0.3, 0.4) is 0 Å². The van der Waals surface area contributed by atoms with E-state index in [-0.39, 0.29) is 12.2 Å². The Morgan fingerprint density at radius 3 is 2.44 bits per heavy atom. The molecule has 0 aliphatic carbocycles. The second-order valence-corrected chi connectivity index (χ2v) is 2.11. The maximum atomic E-state index is 10.6. The number of carbonyl (C=O) groups is 1. The van der Waals surface area contributed by atoms with Crippen molar-refractivity contribution in [3.63, 3.8) is 0 Å². The molecule has 2 atom stereocenters. The largest absolute Gasteiger partial charge is 0.393 e. The Labute approximate surface area is 54.9 Å². The number of hydrogen-bond donors (Lipinski definition) is 2. The topological polar surface area (TPSA) is 63.3 Å². The number of nitrogens with two attached hydrogens (primary N) is 1. The second-order valence-electron chi connectivity index (χ2n) is 2.11. The first-order valence-electron chi connectivity index (χ1n) is 2.83. The van der Waals surface area contributed by atoms with Crippen LogP contribution in [0.25, 0.3) is 0 Å². The van der Waals surface area contributed by atoms with Crippen molar-refractivity contribution in [3.8, 4) is 0 Å². The minimum atomic E-state index is -0.816. The van der Waals surface area contributed by atoms with E-state index in [1.807, 2.05) is 0 Å². The van der Waals surface area contributed by atoms with Crippen LogP contribution in [0.15, 0.2) is 0 Å². The molecule has 0 rings (SSSR count). The van der Waals surface area contributed by atoms with Gasteiger partial charge in [0.2, 0.25) is 0 Å². The quantitative estimate of drug-likeness (QED) is 0.540. The molecule has 0 aliphatic rings. The van der Waals surface area contributed by atoms with Gasteiger partial charge in [-0.25, -0.2) is 0 Å². The molecular formula is C6H12NO2. The summed E-state index contributed by atoms with van der Waals surface area (Å²) in [5.74, 6) is -0.155. The monoisotopic (exact) mass is 130 g/mol. The SMILES string of the molecule is [CH2]C(O)CC(=O)[C@H](C)N. The molecule has 0 aromatic heterocycles. The smallest absolute Gasteiger partial charge is 0.151 e. The Hall–Kier alpha value is -0.410. The summed E-state index contributed by atoms with van der Waals surface area (Å²) < 4.78 is 0. The summed E-state index contributed by atoms with van der Waals surface area (Å²) >= 11 is 0. The summed E-state index contributed by atoms with van der Waals surface area (Å²) in [6, 6.07) is -0.485. The predicted molar refractivity (Wildman–Crippen MR) is 34.6 cm³/mol. The number of aliphatic hydroxyl groups excluding tert-OH is 1. The molecule has 0 amide bonds. The lowest BCUT2D eigenvalue weighted by atomic mass is 10.1.